The molecule has 0 aliphatic carbocycles. The maximum absolute atomic E-state index is 12.2. The lowest BCUT2D eigenvalue weighted by atomic mass is 10.3. The molecule has 0 aromatic carbocycles. The lowest BCUT2D eigenvalue weighted by Crippen LogP contribution is -2.29. The first-order chi connectivity index (χ1) is 9.47. The van der Waals surface area contributed by atoms with E-state index in [0.29, 0.717) is 28.0 Å². The van der Waals surface area contributed by atoms with E-state index in [1.54, 1.807) is 12.1 Å². The Hall–Kier alpha value is -1.60. The molecule has 0 unspecified atom stereocenters. The molecule has 0 atom stereocenters. The summed E-state index contributed by atoms with van der Waals surface area (Å²) in [6.45, 7) is 2.15. The highest BCUT2D eigenvalue weighted by Gasteiger charge is 2.31. The summed E-state index contributed by atoms with van der Waals surface area (Å²) in [7, 11) is 0. The zero-order valence-corrected chi connectivity index (χ0v) is 12.4. The molecule has 1 aromatic rings. The van der Waals surface area contributed by atoms with Gasteiger partial charge in [0.05, 0.1) is 4.91 Å². The number of carbonyl (C=O) groups is 2. The summed E-state index contributed by atoms with van der Waals surface area (Å²) in [5.41, 5.74) is 0. The van der Waals surface area contributed by atoms with Crippen molar-refractivity contribution in [2.75, 3.05) is 6.54 Å². The number of carboxylic acids is 1. The van der Waals surface area contributed by atoms with E-state index in [1.807, 2.05) is 13.0 Å². The van der Waals surface area contributed by atoms with Crippen LogP contribution in [-0.2, 0) is 9.59 Å². The second-order valence-corrected chi connectivity index (χ2v) is 5.95. The van der Waals surface area contributed by atoms with Gasteiger partial charge in [-0.2, -0.15) is 0 Å². The molecule has 0 bridgehead atoms. The van der Waals surface area contributed by atoms with Crippen molar-refractivity contribution in [2.24, 2.45) is 0 Å². The van der Waals surface area contributed by atoms with Crippen molar-refractivity contribution >= 4 is 46.3 Å². The van der Waals surface area contributed by atoms with Crippen molar-refractivity contribution in [1.82, 2.24) is 4.90 Å². The van der Waals surface area contributed by atoms with Gasteiger partial charge in [-0.1, -0.05) is 24.0 Å². The van der Waals surface area contributed by atoms with E-state index < -0.39 is 5.97 Å². The fourth-order valence-electron chi connectivity index (χ4n) is 1.74. The maximum Gasteiger partial charge on any atom is 0.303 e. The monoisotopic (exact) mass is 311 g/mol. The zero-order chi connectivity index (χ0) is 14.7. The Morgan fingerprint density at radius 1 is 1.55 bits per heavy atom. The van der Waals surface area contributed by atoms with Gasteiger partial charge in [0.1, 0.15) is 15.8 Å². The van der Waals surface area contributed by atoms with Crippen LogP contribution in [0.2, 0.25) is 0 Å². The number of thiocarbonyl (C=S) groups is 1. The van der Waals surface area contributed by atoms with Gasteiger partial charge >= 0.3 is 5.97 Å². The Balaban J connectivity index is 2.04. The number of nitrogens with zero attached hydrogens (tertiary/aromatic N) is 1. The minimum atomic E-state index is -0.878. The van der Waals surface area contributed by atoms with Crippen molar-refractivity contribution in [3.05, 3.63) is 28.6 Å². The van der Waals surface area contributed by atoms with Gasteiger partial charge in [-0.25, -0.2) is 0 Å². The summed E-state index contributed by atoms with van der Waals surface area (Å²) in [6.07, 6.45) is 2.06. The van der Waals surface area contributed by atoms with Crippen molar-refractivity contribution in [3.63, 3.8) is 0 Å². The van der Waals surface area contributed by atoms with Crippen LogP contribution in [0.5, 0.6) is 0 Å². The van der Waals surface area contributed by atoms with Gasteiger partial charge in [0, 0.05) is 19.0 Å². The molecular weight excluding hydrogens is 298 g/mol. The lowest BCUT2D eigenvalue weighted by Gasteiger charge is -2.13. The number of carbonyl (C=O) groups excluding carboxylic acids is 1. The van der Waals surface area contributed by atoms with Gasteiger partial charge in [-0.3, -0.25) is 14.5 Å². The number of hydrogen-bond acceptors (Lipinski definition) is 5. The summed E-state index contributed by atoms with van der Waals surface area (Å²) in [5.74, 6) is 0.304. The van der Waals surface area contributed by atoms with Gasteiger partial charge in [-0.15, -0.1) is 0 Å². The number of amides is 1. The third-order valence-electron chi connectivity index (χ3n) is 2.68. The van der Waals surface area contributed by atoms with Crippen LogP contribution in [0.25, 0.3) is 6.08 Å². The van der Waals surface area contributed by atoms with Crippen molar-refractivity contribution in [1.29, 1.82) is 0 Å². The van der Waals surface area contributed by atoms with Crippen LogP contribution in [0.1, 0.15) is 24.4 Å². The highest BCUT2D eigenvalue weighted by Crippen LogP contribution is 2.32. The Morgan fingerprint density at radius 3 is 2.90 bits per heavy atom. The number of thioether (sulfide) groups is 1. The standard InChI is InChI=1S/C13H13NO4S2/c1-8-4-5-9(18-8)7-10-12(17)14(13(19)20-10)6-2-3-11(15)16/h4-5,7H,2-3,6H2,1H3,(H,15,16)/b10-7-. The topological polar surface area (TPSA) is 70.8 Å². The molecule has 0 radical (unpaired) electrons. The lowest BCUT2D eigenvalue weighted by molar-refractivity contribution is -0.137. The van der Waals surface area contributed by atoms with E-state index in [9.17, 15) is 9.59 Å². The van der Waals surface area contributed by atoms with Gasteiger partial charge < -0.3 is 9.52 Å². The quantitative estimate of drug-likeness (QED) is 0.666. The summed E-state index contributed by atoms with van der Waals surface area (Å²) < 4.78 is 5.85. The second-order valence-electron chi connectivity index (χ2n) is 4.28. The zero-order valence-electron chi connectivity index (χ0n) is 10.8. The molecule has 0 spiro atoms. The summed E-state index contributed by atoms with van der Waals surface area (Å²) in [4.78, 5) is 24.6. The molecular formula is C13H13NO4S2. The third kappa shape index (κ3) is 3.49. The van der Waals surface area contributed by atoms with Gasteiger partial charge in [-0.05, 0) is 25.5 Å². The van der Waals surface area contributed by atoms with Crippen molar-refractivity contribution in [2.45, 2.75) is 19.8 Å². The van der Waals surface area contributed by atoms with E-state index in [0.717, 1.165) is 5.76 Å². The molecule has 5 nitrogen and oxygen atoms in total. The molecule has 20 heavy (non-hydrogen) atoms. The summed E-state index contributed by atoms with van der Waals surface area (Å²) >= 11 is 6.35. The average molecular weight is 311 g/mol. The molecule has 1 saturated heterocycles. The van der Waals surface area contributed by atoms with Gasteiger partial charge in [0.2, 0.25) is 0 Å². The average Bonchev–Trinajstić information content (AvgIpc) is 2.88. The minimum Gasteiger partial charge on any atom is -0.481 e. The predicted octanol–water partition coefficient (Wildman–Crippen LogP) is 2.65. The fraction of sp³-hybridized carbons (Fsp3) is 0.308. The molecule has 1 aromatic heterocycles. The van der Waals surface area contributed by atoms with Crippen molar-refractivity contribution in [3.8, 4) is 0 Å². The third-order valence-corrected chi connectivity index (χ3v) is 4.06. The van der Waals surface area contributed by atoms with Crippen LogP contribution >= 0.6 is 24.0 Å². The molecule has 1 aliphatic rings. The molecule has 1 aliphatic heterocycles. The first-order valence-corrected chi connectivity index (χ1v) is 7.23. The predicted molar refractivity (Wildman–Crippen MR) is 80.2 cm³/mol. The number of aryl methyl sites for hydroxylation is 1. The van der Waals surface area contributed by atoms with Crippen LogP contribution in [0.4, 0.5) is 0 Å². The molecule has 1 fully saturated rings. The molecule has 106 valence electrons. The van der Waals surface area contributed by atoms with E-state index >= 15 is 0 Å². The minimum absolute atomic E-state index is 0.0213. The number of carboxylic acid groups (broad SMARTS) is 1. The Bertz CT molecular complexity index is 591. The smallest absolute Gasteiger partial charge is 0.303 e. The first kappa shape index (κ1) is 14.8. The van der Waals surface area contributed by atoms with Crippen LogP contribution in [0.3, 0.4) is 0 Å². The van der Waals surface area contributed by atoms with Crippen LogP contribution < -0.4 is 0 Å². The first-order valence-electron chi connectivity index (χ1n) is 6.01. The van der Waals surface area contributed by atoms with E-state index in [-0.39, 0.29) is 12.3 Å². The number of hydrogen-bond donors (Lipinski definition) is 1. The van der Waals surface area contributed by atoms with E-state index in [1.165, 1.54) is 16.7 Å². The summed E-state index contributed by atoms with van der Waals surface area (Å²) in [5, 5.41) is 8.60. The molecule has 2 heterocycles. The number of aliphatic carboxylic acids is 1. The Labute approximate surface area is 125 Å². The second kappa shape index (κ2) is 6.23. The van der Waals surface area contributed by atoms with Crippen molar-refractivity contribution < 1.29 is 19.1 Å². The highest BCUT2D eigenvalue weighted by atomic mass is 32.2. The molecule has 1 N–H and O–H groups in total. The summed E-state index contributed by atoms with van der Waals surface area (Å²) in [6, 6.07) is 3.60. The van der Waals surface area contributed by atoms with Crippen LogP contribution in [-0.4, -0.2) is 32.7 Å². The maximum atomic E-state index is 12.2. The van der Waals surface area contributed by atoms with Gasteiger partial charge in [0.15, 0.2) is 0 Å². The molecule has 0 saturated carbocycles. The largest absolute Gasteiger partial charge is 0.481 e. The van der Waals surface area contributed by atoms with Crippen LogP contribution in [0.15, 0.2) is 21.5 Å². The van der Waals surface area contributed by atoms with Gasteiger partial charge in [0.25, 0.3) is 5.91 Å². The van der Waals surface area contributed by atoms with E-state index in [4.69, 9.17) is 21.7 Å². The fourth-order valence-corrected chi connectivity index (χ4v) is 3.03. The molecule has 2 rings (SSSR count). The molecule has 7 heteroatoms. The highest BCUT2D eigenvalue weighted by molar-refractivity contribution is 8.26. The SMILES string of the molecule is Cc1ccc(/C=C2\SC(=S)N(CCCC(=O)O)C2=O)o1. The Kier molecular flexibility index (Phi) is 4.61. The number of furan rings is 1. The van der Waals surface area contributed by atoms with E-state index in [2.05, 4.69) is 0 Å². The number of rotatable bonds is 5. The molecule has 1 amide bonds. The Morgan fingerprint density at radius 2 is 2.30 bits per heavy atom. The van der Waals surface area contributed by atoms with Crippen LogP contribution in [0, 0.1) is 6.92 Å². The normalized spacial score (nSPS) is 17.2.